The third kappa shape index (κ3) is 4.49. The topological polar surface area (TPSA) is 67.4 Å². The molecule has 156 valence electrons. The predicted octanol–water partition coefficient (Wildman–Crippen LogP) is 4.20. The van der Waals surface area contributed by atoms with Gasteiger partial charge in [-0.05, 0) is 47.7 Å². The van der Waals surface area contributed by atoms with E-state index in [1.165, 1.54) is 0 Å². The first-order valence-electron chi connectivity index (χ1n) is 10.2. The van der Waals surface area contributed by atoms with Crippen LogP contribution < -0.4 is 15.4 Å². The molecule has 1 saturated heterocycles. The molecule has 1 aromatic heterocycles. The third-order valence-corrected chi connectivity index (χ3v) is 6.71. The fraction of sp³-hybridized carbons (Fsp3) is 0.333. The molecule has 4 rings (SSSR count). The molecular formula is C24H26N2O3S. The lowest BCUT2D eigenvalue weighted by atomic mass is 9.83. The van der Waals surface area contributed by atoms with Gasteiger partial charge in [-0.1, -0.05) is 36.4 Å². The van der Waals surface area contributed by atoms with Crippen molar-refractivity contribution in [3.8, 4) is 5.75 Å². The summed E-state index contributed by atoms with van der Waals surface area (Å²) < 4.78 is 5.51. The number of carbonyl (C=O) groups excluding carboxylic acids is 2. The summed E-state index contributed by atoms with van der Waals surface area (Å²) in [4.78, 5) is 25.7. The van der Waals surface area contributed by atoms with Gasteiger partial charge < -0.3 is 15.4 Å². The highest BCUT2D eigenvalue weighted by molar-refractivity contribution is 7.09. The second-order valence-corrected chi connectivity index (χ2v) is 8.87. The molecule has 2 aromatic carbocycles. The Balaban J connectivity index is 1.50. The number of fused-ring (bicyclic) bond motifs is 1. The molecule has 2 amide bonds. The van der Waals surface area contributed by atoms with Gasteiger partial charge in [0.1, 0.15) is 5.75 Å². The van der Waals surface area contributed by atoms with Gasteiger partial charge >= 0.3 is 0 Å². The second-order valence-electron chi connectivity index (χ2n) is 7.83. The lowest BCUT2D eigenvalue weighted by molar-refractivity contribution is -0.122. The zero-order valence-electron chi connectivity index (χ0n) is 17.1. The number of thiophene rings is 1. The largest absolute Gasteiger partial charge is 0.496 e. The summed E-state index contributed by atoms with van der Waals surface area (Å²) in [7, 11) is 1.68. The number of hydrogen-bond acceptors (Lipinski definition) is 4. The summed E-state index contributed by atoms with van der Waals surface area (Å²) in [6.45, 7) is 0.555. The molecule has 0 radical (unpaired) electrons. The lowest BCUT2D eigenvalue weighted by Crippen LogP contribution is -2.44. The van der Waals surface area contributed by atoms with Crippen molar-refractivity contribution in [2.24, 2.45) is 0 Å². The smallest absolute Gasteiger partial charge is 0.220 e. The van der Waals surface area contributed by atoms with Crippen molar-refractivity contribution in [1.82, 2.24) is 10.6 Å². The Morgan fingerprint density at radius 3 is 2.70 bits per heavy atom. The Morgan fingerprint density at radius 1 is 1.17 bits per heavy atom. The first kappa shape index (κ1) is 20.4. The minimum atomic E-state index is -0.394. The maximum atomic E-state index is 12.4. The minimum Gasteiger partial charge on any atom is -0.496 e. The highest BCUT2D eigenvalue weighted by Gasteiger charge is 2.38. The molecule has 6 heteroatoms. The summed E-state index contributed by atoms with van der Waals surface area (Å²) in [5.74, 6) is 0.919. The molecular weight excluding hydrogens is 396 g/mol. The van der Waals surface area contributed by atoms with Crippen LogP contribution in [0.25, 0.3) is 10.8 Å². The van der Waals surface area contributed by atoms with E-state index in [9.17, 15) is 9.59 Å². The van der Waals surface area contributed by atoms with Gasteiger partial charge in [0.05, 0.1) is 13.7 Å². The van der Waals surface area contributed by atoms with E-state index in [0.29, 0.717) is 32.2 Å². The van der Waals surface area contributed by atoms with Gasteiger partial charge in [0.15, 0.2) is 0 Å². The fourth-order valence-electron chi connectivity index (χ4n) is 4.25. The van der Waals surface area contributed by atoms with E-state index in [2.05, 4.69) is 28.8 Å². The standard InChI is InChI=1S/C24H26N2O3S/c1-29-21-9-8-17(19-6-2-3-7-20(19)21)15-24(13-11-23(28)26-24)12-10-22(27)25-16-18-5-4-14-30-18/h2-9,14H,10-13,15-16H2,1H3,(H,25,27)(H,26,28). The van der Waals surface area contributed by atoms with Crippen LogP contribution in [0.1, 0.15) is 36.1 Å². The van der Waals surface area contributed by atoms with Crippen LogP contribution in [0.3, 0.4) is 0 Å². The Labute approximate surface area is 180 Å². The molecule has 5 nitrogen and oxygen atoms in total. The van der Waals surface area contributed by atoms with Gasteiger partial charge in [0.2, 0.25) is 11.8 Å². The number of carbonyl (C=O) groups is 2. The SMILES string of the molecule is COc1ccc(CC2(CCC(=O)NCc3cccs3)CCC(=O)N2)c2ccccc12. The van der Waals surface area contributed by atoms with Crippen LogP contribution in [0.5, 0.6) is 5.75 Å². The molecule has 3 aromatic rings. The monoisotopic (exact) mass is 422 g/mol. The van der Waals surface area contributed by atoms with Crippen LogP contribution in [0, 0.1) is 0 Å². The molecule has 1 atom stereocenters. The van der Waals surface area contributed by atoms with Crippen molar-refractivity contribution >= 4 is 33.9 Å². The van der Waals surface area contributed by atoms with E-state index in [0.717, 1.165) is 33.4 Å². The Morgan fingerprint density at radius 2 is 2.00 bits per heavy atom. The van der Waals surface area contributed by atoms with Gasteiger partial charge in [-0.3, -0.25) is 9.59 Å². The highest BCUT2D eigenvalue weighted by Crippen LogP contribution is 2.34. The third-order valence-electron chi connectivity index (χ3n) is 5.83. The molecule has 2 N–H and O–H groups in total. The van der Waals surface area contributed by atoms with Crippen molar-refractivity contribution in [1.29, 1.82) is 0 Å². The number of amides is 2. The summed E-state index contributed by atoms with van der Waals surface area (Å²) in [5, 5.41) is 10.4. The molecule has 0 aliphatic carbocycles. The van der Waals surface area contributed by atoms with Gasteiger partial charge in [-0.15, -0.1) is 11.3 Å². The molecule has 0 bridgehead atoms. The molecule has 1 unspecified atom stereocenters. The van der Waals surface area contributed by atoms with Crippen molar-refractivity contribution in [2.75, 3.05) is 7.11 Å². The number of rotatable bonds is 8. The summed E-state index contributed by atoms with van der Waals surface area (Å²) in [6.07, 6.45) is 2.95. The molecule has 2 heterocycles. The van der Waals surface area contributed by atoms with Crippen LogP contribution in [-0.4, -0.2) is 24.5 Å². The predicted molar refractivity (Wildman–Crippen MR) is 120 cm³/mol. The molecule has 0 saturated carbocycles. The molecule has 30 heavy (non-hydrogen) atoms. The quantitative estimate of drug-likeness (QED) is 0.572. The van der Waals surface area contributed by atoms with Crippen molar-refractivity contribution in [3.63, 3.8) is 0 Å². The Bertz CT molecular complexity index is 1050. The van der Waals surface area contributed by atoms with E-state index in [1.54, 1.807) is 18.4 Å². The zero-order valence-corrected chi connectivity index (χ0v) is 17.9. The van der Waals surface area contributed by atoms with Crippen LogP contribution >= 0.6 is 11.3 Å². The van der Waals surface area contributed by atoms with E-state index in [-0.39, 0.29) is 11.8 Å². The molecule has 1 aliphatic heterocycles. The summed E-state index contributed by atoms with van der Waals surface area (Å²) >= 11 is 1.63. The number of nitrogens with one attached hydrogen (secondary N) is 2. The lowest BCUT2D eigenvalue weighted by Gasteiger charge is -2.30. The first-order chi connectivity index (χ1) is 14.6. The van der Waals surface area contributed by atoms with E-state index < -0.39 is 5.54 Å². The van der Waals surface area contributed by atoms with Crippen molar-refractivity contribution in [2.45, 2.75) is 44.2 Å². The van der Waals surface area contributed by atoms with Crippen LogP contribution in [0.2, 0.25) is 0 Å². The van der Waals surface area contributed by atoms with Crippen molar-refractivity contribution < 1.29 is 14.3 Å². The first-order valence-corrected chi connectivity index (χ1v) is 11.1. The van der Waals surface area contributed by atoms with E-state index >= 15 is 0 Å². The van der Waals surface area contributed by atoms with Crippen LogP contribution in [0.15, 0.2) is 53.9 Å². The average molecular weight is 423 g/mol. The number of hydrogen-bond donors (Lipinski definition) is 2. The molecule has 1 aliphatic rings. The normalized spacial score (nSPS) is 18.4. The van der Waals surface area contributed by atoms with E-state index in [1.807, 2.05) is 35.7 Å². The Hall–Kier alpha value is -2.86. The number of methoxy groups -OCH3 is 1. The maximum absolute atomic E-state index is 12.4. The van der Waals surface area contributed by atoms with Crippen LogP contribution in [0.4, 0.5) is 0 Å². The maximum Gasteiger partial charge on any atom is 0.220 e. The number of benzene rings is 2. The van der Waals surface area contributed by atoms with Gasteiger partial charge in [-0.2, -0.15) is 0 Å². The highest BCUT2D eigenvalue weighted by atomic mass is 32.1. The minimum absolute atomic E-state index is 0.0171. The Kier molecular flexibility index (Phi) is 6.04. The van der Waals surface area contributed by atoms with Gasteiger partial charge in [-0.25, -0.2) is 0 Å². The zero-order chi connectivity index (χ0) is 21.0. The van der Waals surface area contributed by atoms with Crippen molar-refractivity contribution in [3.05, 3.63) is 64.4 Å². The average Bonchev–Trinajstić information content (AvgIpc) is 3.41. The number of ether oxygens (including phenoxy) is 1. The summed E-state index contributed by atoms with van der Waals surface area (Å²) in [6, 6.07) is 16.2. The van der Waals surface area contributed by atoms with Gasteiger partial charge in [0, 0.05) is 28.6 Å². The van der Waals surface area contributed by atoms with Crippen LogP contribution in [-0.2, 0) is 22.6 Å². The molecule has 1 fully saturated rings. The summed E-state index contributed by atoms with van der Waals surface area (Å²) in [5.41, 5.74) is 0.766. The van der Waals surface area contributed by atoms with Gasteiger partial charge in [0.25, 0.3) is 0 Å². The molecule has 0 spiro atoms. The fourth-order valence-corrected chi connectivity index (χ4v) is 4.90. The second kappa shape index (κ2) is 8.88. The van der Waals surface area contributed by atoms with E-state index in [4.69, 9.17) is 4.74 Å².